The largest absolute Gasteiger partial charge is 0.349 e. The molecule has 3 rings (SSSR count). The van der Waals surface area contributed by atoms with Crippen LogP contribution in [0.5, 0.6) is 0 Å². The fourth-order valence-electron chi connectivity index (χ4n) is 3.85. The lowest BCUT2D eigenvalue weighted by atomic mass is 9.88. The molecule has 0 aliphatic rings. The van der Waals surface area contributed by atoms with E-state index in [1.165, 1.54) is 27.8 Å². The van der Waals surface area contributed by atoms with Crippen LogP contribution in [0.25, 0.3) is 0 Å². The van der Waals surface area contributed by atoms with Gasteiger partial charge >= 0.3 is 0 Å². The third-order valence-electron chi connectivity index (χ3n) is 5.34. The Morgan fingerprint density at radius 2 is 1.43 bits per heavy atom. The number of carbonyl (C=O) groups is 1. The molecule has 28 heavy (non-hydrogen) atoms. The van der Waals surface area contributed by atoms with Gasteiger partial charge in [0, 0.05) is 12.3 Å². The van der Waals surface area contributed by atoms with Gasteiger partial charge in [0.25, 0.3) is 0 Å². The van der Waals surface area contributed by atoms with Crippen molar-refractivity contribution < 1.29 is 4.79 Å². The molecule has 0 unspecified atom stereocenters. The Hall–Kier alpha value is -2.87. The number of benzene rings is 3. The number of nitrogens with one attached hydrogen (secondary N) is 1. The number of amides is 1. The molecule has 0 heterocycles. The van der Waals surface area contributed by atoms with Gasteiger partial charge in [-0.1, -0.05) is 91.3 Å². The Morgan fingerprint density at radius 1 is 0.857 bits per heavy atom. The zero-order valence-corrected chi connectivity index (χ0v) is 17.0. The zero-order valence-electron chi connectivity index (χ0n) is 17.0. The number of carbonyl (C=O) groups excluding carboxylic acids is 1. The lowest BCUT2D eigenvalue weighted by Gasteiger charge is -2.23. The Bertz CT molecular complexity index is 863. The fraction of sp³-hybridized carbons (Fsp3) is 0.269. The van der Waals surface area contributed by atoms with Crippen molar-refractivity contribution in [2.75, 3.05) is 0 Å². The fourth-order valence-corrected chi connectivity index (χ4v) is 3.85. The van der Waals surface area contributed by atoms with Crippen LogP contribution in [0.1, 0.15) is 59.5 Å². The molecule has 0 aromatic heterocycles. The van der Waals surface area contributed by atoms with Gasteiger partial charge < -0.3 is 5.32 Å². The van der Waals surface area contributed by atoms with E-state index in [-0.39, 0.29) is 17.9 Å². The molecule has 0 fully saturated rings. The van der Waals surface area contributed by atoms with Crippen LogP contribution < -0.4 is 5.32 Å². The molecule has 2 heteroatoms. The summed E-state index contributed by atoms with van der Waals surface area (Å²) in [5.41, 5.74) is 6.02. The van der Waals surface area contributed by atoms with E-state index in [0.717, 1.165) is 6.42 Å². The van der Waals surface area contributed by atoms with Crippen LogP contribution in [-0.4, -0.2) is 5.91 Å². The molecule has 1 N–H and O–H groups in total. The second kappa shape index (κ2) is 9.36. The third kappa shape index (κ3) is 4.89. The van der Waals surface area contributed by atoms with Crippen molar-refractivity contribution in [3.05, 3.63) is 107 Å². The van der Waals surface area contributed by atoms with Crippen LogP contribution in [-0.2, 0) is 4.79 Å². The number of hydrogen-bond acceptors (Lipinski definition) is 1. The Balaban J connectivity index is 1.80. The van der Waals surface area contributed by atoms with Crippen LogP contribution in [0.15, 0.2) is 78.9 Å². The molecular weight excluding hydrogens is 342 g/mol. The average Bonchev–Trinajstić information content (AvgIpc) is 2.72. The molecule has 0 bridgehead atoms. The molecule has 0 saturated carbocycles. The van der Waals surface area contributed by atoms with E-state index in [4.69, 9.17) is 0 Å². The van der Waals surface area contributed by atoms with Crippen molar-refractivity contribution in [1.82, 2.24) is 5.32 Å². The summed E-state index contributed by atoms with van der Waals surface area (Å²) in [6, 6.07) is 27.1. The first-order valence-electron chi connectivity index (χ1n) is 10.0. The summed E-state index contributed by atoms with van der Waals surface area (Å²) in [7, 11) is 0. The molecule has 0 radical (unpaired) electrons. The van der Waals surface area contributed by atoms with Crippen molar-refractivity contribution in [2.45, 2.75) is 45.6 Å². The van der Waals surface area contributed by atoms with E-state index in [0.29, 0.717) is 6.42 Å². The number of aryl methyl sites for hydroxylation is 2. The summed E-state index contributed by atoms with van der Waals surface area (Å²) in [4.78, 5) is 13.0. The monoisotopic (exact) mass is 371 g/mol. The SMILES string of the molecule is CC[C@@H](NC(=O)CC(c1ccccc1)c1ccccc1)c1ccc(C)cc1C. The van der Waals surface area contributed by atoms with Crippen LogP contribution in [0.4, 0.5) is 0 Å². The minimum atomic E-state index is 0.0419. The predicted molar refractivity (Wildman–Crippen MR) is 116 cm³/mol. The minimum Gasteiger partial charge on any atom is -0.349 e. The standard InChI is InChI=1S/C26H29NO/c1-4-25(23-16-15-19(2)17-20(23)3)27-26(28)18-24(21-11-7-5-8-12-21)22-13-9-6-10-14-22/h5-17,24-25H,4,18H2,1-3H3,(H,27,28)/t25-/m1/s1. The van der Waals surface area contributed by atoms with Crippen molar-refractivity contribution in [3.63, 3.8) is 0 Å². The number of hydrogen-bond donors (Lipinski definition) is 1. The molecule has 1 atom stereocenters. The molecule has 3 aromatic rings. The molecular formula is C26H29NO. The summed E-state index contributed by atoms with van der Waals surface area (Å²) in [5.74, 6) is 0.142. The van der Waals surface area contributed by atoms with Gasteiger partial charge in [0.2, 0.25) is 5.91 Å². The van der Waals surface area contributed by atoms with E-state index in [9.17, 15) is 4.79 Å². The summed E-state index contributed by atoms with van der Waals surface area (Å²) >= 11 is 0. The summed E-state index contributed by atoms with van der Waals surface area (Å²) in [6.45, 7) is 6.34. The average molecular weight is 372 g/mol. The van der Waals surface area contributed by atoms with Gasteiger partial charge in [0.1, 0.15) is 0 Å². The Kier molecular flexibility index (Phi) is 6.65. The van der Waals surface area contributed by atoms with Gasteiger partial charge in [-0.2, -0.15) is 0 Å². The molecule has 1 amide bonds. The van der Waals surface area contributed by atoms with Crippen molar-refractivity contribution in [2.24, 2.45) is 0 Å². The van der Waals surface area contributed by atoms with Gasteiger partial charge in [-0.05, 0) is 42.5 Å². The quantitative estimate of drug-likeness (QED) is 0.535. The van der Waals surface area contributed by atoms with Crippen LogP contribution >= 0.6 is 0 Å². The predicted octanol–water partition coefficient (Wildman–Crippen LogP) is 6.09. The van der Waals surface area contributed by atoms with E-state index in [2.05, 4.69) is 68.6 Å². The van der Waals surface area contributed by atoms with Crippen molar-refractivity contribution in [3.8, 4) is 0 Å². The highest BCUT2D eigenvalue weighted by Gasteiger charge is 2.21. The highest BCUT2D eigenvalue weighted by atomic mass is 16.1. The minimum absolute atomic E-state index is 0.0419. The van der Waals surface area contributed by atoms with Gasteiger partial charge in [-0.15, -0.1) is 0 Å². The topological polar surface area (TPSA) is 29.1 Å². The van der Waals surface area contributed by atoms with Gasteiger partial charge in [-0.25, -0.2) is 0 Å². The highest BCUT2D eigenvalue weighted by Crippen LogP contribution is 2.29. The lowest BCUT2D eigenvalue weighted by molar-refractivity contribution is -0.122. The molecule has 2 nitrogen and oxygen atoms in total. The molecule has 0 aliphatic carbocycles. The lowest BCUT2D eigenvalue weighted by Crippen LogP contribution is -2.30. The van der Waals surface area contributed by atoms with Gasteiger partial charge in [0.05, 0.1) is 6.04 Å². The first-order valence-corrected chi connectivity index (χ1v) is 10.0. The van der Waals surface area contributed by atoms with Crippen molar-refractivity contribution in [1.29, 1.82) is 0 Å². The Morgan fingerprint density at radius 3 is 1.93 bits per heavy atom. The molecule has 144 valence electrons. The summed E-state index contributed by atoms with van der Waals surface area (Å²) in [6.07, 6.45) is 1.31. The first-order chi connectivity index (χ1) is 13.6. The second-order valence-corrected chi connectivity index (χ2v) is 7.47. The molecule has 0 aliphatic heterocycles. The molecule has 0 saturated heterocycles. The normalized spacial score (nSPS) is 12.0. The molecule has 3 aromatic carbocycles. The highest BCUT2D eigenvalue weighted by molar-refractivity contribution is 5.78. The first kappa shape index (κ1) is 19.9. The maximum Gasteiger partial charge on any atom is 0.221 e. The smallest absolute Gasteiger partial charge is 0.221 e. The second-order valence-electron chi connectivity index (χ2n) is 7.47. The van der Waals surface area contributed by atoms with Gasteiger partial charge in [0.15, 0.2) is 0 Å². The summed E-state index contributed by atoms with van der Waals surface area (Å²) < 4.78 is 0. The van der Waals surface area contributed by atoms with Crippen molar-refractivity contribution >= 4 is 5.91 Å². The zero-order chi connectivity index (χ0) is 19.9. The van der Waals surface area contributed by atoms with E-state index in [1.807, 2.05) is 36.4 Å². The van der Waals surface area contributed by atoms with E-state index < -0.39 is 0 Å². The van der Waals surface area contributed by atoms with Gasteiger partial charge in [-0.3, -0.25) is 4.79 Å². The van der Waals surface area contributed by atoms with E-state index in [1.54, 1.807) is 0 Å². The van der Waals surface area contributed by atoms with Crippen LogP contribution in [0.2, 0.25) is 0 Å². The molecule has 0 spiro atoms. The van der Waals surface area contributed by atoms with E-state index >= 15 is 0 Å². The Labute approximate surface area is 168 Å². The van der Waals surface area contributed by atoms with Crippen LogP contribution in [0.3, 0.4) is 0 Å². The maximum absolute atomic E-state index is 13.0. The third-order valence-corrected chi connectivity index (χ3v) is 5.34. The summed E-state index contributed by atoms with van der Waals surface area (Å²) in [5, 5.41) is 3.27. The number of rotatable bonds is 7. The van der Waals surface area contributed by atoms with Crippen LogP contribution in [0, 0.1) is 13.8 Å². The maximum atomic E-state index is 13.0.